The van der Waals surface area contributed by atoms with Gasteiger partial charge in [-0.15, -0.1) is 0 Å². The number of nitrogens with one attached hydrogen (secondary N) is 2. The highest BCUT2D eigenvalue weighted by molar-refractivity contribution is 6.35. The molecule has 0 unspecified atom stereocenters. The Morgan fingerprint density at radius 3 is 2.52 bits per heavy atom. The summed E-state index contributed by atoms with van der Waals surface area (Å²) >= 11 is 12.3. The van der Waals surface area contributed by atoms with E-state index in [0.29, 0.717) is 27.2 Å². The molecule has 23 heavy (non-hydrogen) atoms. The lowest BCUT2D eigenvalue weighted by Gasteiger charge is -2.25. The molecule has 2 aromatic rings. The Kier molecular flexibility index (Phi) is 5.21. The molecule has 0 atom stereocenters. The summed E-state index contributed by atoms with van der Waals surface area (Å²) in [4.78, 5) is 12.9. The number of piperidine rings is 1. The molecule has 3 rings (SSSR count). The maximum Gasteiger partial charge on any atom is 0.196 e. The van der Waals surface area contributed by atoms with Gasteiger partial charge in [0.2, 0.25) is 0 Å². The van der Waals surface area contributed by atoms with E-state index >= 15 is 0 Å². The summed E-state index contributed by atoms with van der Waals surface area (Å²) in [6.45, 7) is 1.97. The van der Waals surface area contributed by atoms with Gasteiger partial charge in [-0.05, 0) is 56.3 Å². The van der Waals surface area contributed by atoms with Crippen molar-refractivity contribution in [1.29, 1.82) is 0 Å². The van der Waals surface area contributed by atoms with E-state index in [-0.39, 0.29) is 5.78 Å². The second kappa shape index (κ2) is 7.35. The Balaban J connectivity index is 1.92. The van der Waals surface area contributed by atoms with E-state index in [2.05, 4.69) is 10.6 Å². The smallest absolute Gasteiger partial charge is 0.196 e. The number of ketones is 1. The molecular formula is C18H18Cl2N2O. The number of halogens is 2. The quantitative estimate of drug-likeness (QED) is 0.805. The first-order valence-electron chi connectivity index (χ1n) is 7.71. The van der Waals surface area contributed by atoms with Gasteiger partial charge in [0.05, 0.1) is 5.02 Å². The van der Waals surface area contributed by atoms with Crippen LogP contribution in [0.2, 0.25) is 10.0 Å². The fourth-order valence-corrected chi connectivity index (χ4v) is 3.20. The first kappa shape index (κ1) is 16.3. The zero-order valence-electron chi connectivity index (χ0n) is 12.6. The lowest BCUT2D eigenvalue weighted by Crippen LogP contribution is -2.35. The van der Waals surface area contributed by atoms with E-state index in [9.17, 15) is 4.79 Å². The van der Waals surface area contributed by atoms with Crippen LogP contribution in [0.25, 0.3) is 0 Å². The standard InChI is InChI=1S/C18H18Cl2N2O/c19-12-5-6-17(22-13-7-9-21-10-8-13)15(11-12)18(23)14-3-1-2-4-16(14)20/h1-6,11,13,21-22H,7-10H2. The van der Waals surface area contributed by atoms with Gasteiger partial charge in [-0.3, -0.25) is 4.79 Å². The predicted molar refractivity (Wildman–Crippen MR) is 95.9 cm³/mol. The molecule has 0 bridgehead atoms. The van der Waals surface area contributed by atoms with Crippen LogP contribution in [-0.4, -0.2) is 24.9 Å². The van der Waals surface area contributed by atoms with Gasteiger partial charge in [0.25, 0.3) is 0 Å². The second-order valence-electron chi connectivity index (χ2n) is 5.67. The lowest BCUT2D eigenvalue weighted by molar-refractivity contribution is 0.103. The van der Waals surface area contributed by atoms with Crippen LogP contribution >= 0.6 is 23.2 Å². The van der Waals surface area contributed by atoms with Gasteiger partial charge in [0, 0.05) is 27.9 Å². The summed E-state index contributed by atoms with van der Waals surface area (Å²) in [7, 11) is 0. The van der Waals surface area contributed by atoms with Crippen molar-refractivity contribution in [3.8, 4) is 0 Å². The number of carbonyl (C=O) groups is 1. The number of hydrogen-bond acceptors (Lipinski definition) is 3. The minimum Gasteiger partial charge on any atom is -0.382 e. The minimum atomic E-state index is -0.116. The van der Waals surface area contributed by atoms with Crippen LogP contribution in [0.3, 0.4) is 0 Å². The van der Waals surface area contributed by atoms with Crippen LogP contribution in [-0.2, 0) is 0 Å². The highest BCUT2D eigenvalue weighted by Gasteiger charge is 2.19. The summed E-state index contributed by atoms with van der Waals surface area (Å²) in [5.41, 5.74) is 1.86. The van der Waals surface area contributed by atoms with Gasteiger partial charge in [0.1, 0.15) is 0 Å². The molecule has 1 aliphatic rings. The van der Waals surface area contributed by atoms with Crippen LogP contribution in [0.4, 0.5) is 5.69 Å². The predicted octanol–water partition coefficient (Wildman–Crippen LogP) is 4.39. The Morgan fingerprint density at radius 2 is 1.78 bits per heavy atom. The van der Waals surface area contributed by atoms with Gasteiger partial charge in [0.15, 0.2) is 5.78 Å². The van der Waals surface area contributed by atoms with Crippen LogP contribution in [0, 0.1) is 0 Å². The second-order valence-corrected chi connectivity index (χ2v) is 6.51. The molecule has 1 saturated heterocycles. The average molecular weight is 349 g/mol. The summed E-state index contributed by atoms with van der Waals surface area (Å²) in [6.07, 6.45) is 2.06. The molecule has 120 valence electrons. The van der Waals surface area contributed by atoms with E-state index in [1.807, 2.05) is 18.2 Å². The number of anilines is 1. The van der Waals surface area contributed by atoms with Gasteiger partial charge >= 0.3 is 0 Å². The molecule has 1 heterocycles. The lowest BCUT2D eigenvalue weighted by atomic mass is 10.00. The molecular weight excluding hydrogens is 331 g/mol. The maximum atomic E-state index is 12.9. The zero-order chi connectivity index (χ0) is 16.2. The van der Waals surface area contributed by atoms with Gasteiger partial charge in [-0.1, -0.05) is 35.3 Å². The normalized spacial score (nSPS) is 15.4. The number of benzene rings is 2. The Labute approximate surface area is 146 Å². The molecule has 1 aliphatic heterocycles. The van der Waals surface area contributed by atoms with Crippen LogP contribution in [0.1, 0.15) is 28.8 Å². The first-order valence-corrected chi connectivity index (χ1v) is 8.47. The third-order valence-electron chi connectivity index (χ3n) is 4.04. The molecule has 3 nitrogen and oxygen atoms in total. The van der Waals surface area contributed by atoms with Crippen LogP contribution in [0.15, 0.2) is 42.5 Å². The van der Waals surface area contributed by atoms with Crippen molar-refractivity contribution in [3.05, 3.63) is 63.6 Å². The fourth-order valence-electron chi connectivity index (χ4n) is 2.81. The molecule has 2 aromatic carbocycles. The van der Waals surface area contributed by atoms with Crippen molar-refractivity contribution in [1.82, 2.24) is 5.32 Å². The minimum absolute atomic E-state index is 0.116. The topological polar surface area (TPSA) is 41.1 Å². The van der Waals surface area contributed by atoms with Gasteiger partial charge in [-0.2, -0.15) is 0 Å². The third-order valence-corrected chi connectivity index (χ3v) is 4.61. The van der Waals surface area contributed by atoms with Crippen molar-refractivity contribution in [3.63, 3.8) is 0 Å². The maximum absolute atomic E-state index is 12.9. The molecule has 0 saturated carbocycles. The Morgan fingerprint density at radius 1 is 1.04 bits per heavy atom. The van der Waals surface area contributed by atoms with Gasteiger partial charge in [-0.25, -0.2) is 0 Å². The number of rotatable bonds is 4. The number of carbonyl (C=O) groups excluding carboxylic acids is 1. The van der Waals surface area contributed by atoms with Crippen molar-refractivity contribution in [2.75, 3.05) is 18.4 Å². The van der Waals surface area contributed by atoms with E-state index < -0.39 is 0 Å². The highest BCUT2D eigenvalue weighted by atomic mass is 35.5. The Hall–Kier alpha value is -1.55. The van der Waals surface area contributed by atoms with E-state index in [4.69, 9.17) is 23.2 Å². The summed E-state index contributed by atoms with van der Waals surface area (Å²) in [6, 6.07) is 12.8. The van der Waals surface area contributed by atoms with E-state index in [1.54, 1.807) is 24.3 Å². The monoisotopic (exact) mass is 348 g/mol. The molecule has 1 fully saturated rings. The molecule has 0 aliphatic carbocycles. The summed E-state index contributed by atoms with van der Waals surface area (Å²) in [5, 5.41) is 7.81. The average Bonchev–Trinajstić information content (AvgIpc) is 2.57. The molecule has 0 radical (unpaired) electrons. The van der Waals surface area contributed by atoms with Crippen LogP contribution < -0.4 is 10.6 Å². The number of hydrogen-bond donors (Lipinski definition) is 2. The molecule has 0 amide bonds. The highest BCUT2D eigenvalue weighted by Crippen LogP contribution is 2.27. The van der Waals surface area contributed by atoms with Crippen molar-refractivity contribution >= 4 is 34.7 Å². The van der Waals surface area contributed by atoms with Crippen molar-refractivity contribution in [2.24, 2.45) is 0 Å². The largest absolute Gasteiger partial charge is 0.382 e. The van der Waals surface area contributed by atoms with E-state index in [0.717, 1.165) is 31.6 Å². The molecule has 0 spiro atoms. The van der Waals surface area contributed by atoms with Crippen LogP contribution in [0.5, 0.6) is 0 Å². The molecule has 2 N–H and O–H groups in total. The van der Waals surface area contributed by atoms with E-state index in [1.165, 1.54) is 0 Å². The first-order chi connectivity index (χ1) is 11.1. The van der Waals surface area contributed by atoms with Crippen molar-refractivity contribution < 1.29 is 4.79 Å². The Bertz CT molecular complexity index is 712. The fraction of sp³-hybridized carbons (Fsp3) is 0.278. The SMILES string of the molecule is O=C(c1ccccc1Cl)c1cc(Cl)ccc1NC1CCNCC1. The molecule has 5 heteroatoms. The third kappa shape index (κ3) is 3.86. The van der Waals surface area contributed by atoms with Crippen molar-refractivity contribution in [2.45, 2.75) is 18.9 Å². The summed E-state index contributed by atoms with van der Waals surface area (Å²) in [5.74, 6) is -0.116. The molecule has 0 aromatic heterocycles. The summed E-state index contributed by atoms with van der Waals surface area (Å²) < 4.78 is 0. The zero-order valence-corrected chi connectivity index (χ0v) is 14.1. The van der Waals surface area contributed by atoms with Gasteiger partial charge < -0.3 is 10.6 Å².